The number of aromatic nitrogens is 2. The van der Waals surface area contributed by atoms with Crippen LogP contribution < -0.4 is 5.32 Å². The number of anilines is 1. The summed E-state index contributed by atoms with van der Waals surface area (Å²) in [5, 5.41) is 17.7. The van der Waals surface area contributed by atoms with Gasteiger partial charge in [-0.2, -0.15) is 5.10 Å². The lowest BCUT2D eigenvalue weighted by Gasteiger charge is -2.29. The molecular weight excluding hydrogens is 382 g/mol. The first kappa shape index (κ1) is 19.9. The van der Waals surface area contributed by atoms with Crippen LogP contribution in [0.3, 0.4) is 0 Å². The zero-order valence-corrected chi connectivity index (χ0v) is 16.5. The van der Waals surface area contributed by atoms with Gasteiger partial charge < -0.3 is 15.2 Å². The molecule has 3 rings (SSSR count). The molecule has 1 unspecified atom stereocenters. The molecule has 28 heavy (non-hydrogen) atoms. The molecule has 1 aromatic heterocycles. The van der Waals surface area contributed by atoms with E-state index < -0.39 is 18.0 Å². The lowest BCUT2D eigenvalue weighted by molar-refractivity contribution is -0.133. The molecule has 0 fully saturated rings. The second-order valence-corrected chi connectivity index (χ2v) is 6.91. The van der Waals surface area contributed by atoms with Gasteiger partial charge in [0.05, 0.1) is 18.4 Å². The molecule has 0 radical (unpaired) electrons. The third kappa shape index (κ3) is 3.62. The van der Waals surface area contributed by atoms with E-state index >= 15 is 0 Å². The van der Waals surface area contributed by atoms with Crippen molar-refractivity contribution in [2.75, 3.05) is 11.9 Å². The van der Waals surface area contributed by atoms with Gasteiger partial charge >= 0.3 is 12.1 Å². The van der Waals surface area contributed by atoms with Crippen molar-refractivity contribution in [1.82, 2.24) is 9.78 Å². The lowest BCUT2D eigenvalue weighted by Crippen LogP contribution is -2.26. The molecule has 148 valence electrons. The van der Waals surface area contributed by atoms with E-state index in [-0.39, 0.29) is 12.2 Å². The van der Waals surface area contributed by atoms with Gasteiger partial charge in [-0.3, -0.25) is 0 Å². The van der Waals surface area contributed by atoms with E-state index in [0.29, 0.717) is 40.5 Å². The summed E-state index contributed by atoms with van der Waals surface area (Å²) < 4.78 is 6.34. The molecule has 0 spiro atoms. The summed E-state index contributed by atoms with van der Waals surface area (Å²) in [5.74, 6) is -1.26. The summed E-state index contributed by atoms with van der Waals surface area (Å²) in [6.45, 7) is 4.14. The van der Waals surface area contributed by atoms with Gasteiger partial charge in [0, 0.05) is 22.2 Å². The van der Waals surface area contributed by atoms with Gasteiger partial charge in [-0.15, -0.1) is 4.68 Å². The lowest BCUT2D eigenvalue weighted by atomic mass is 9.82. The number of hydrogen-bond acceptors (Lipinski definition) is 5. The minimum atomic E-state index is -1.03. The Hall–Kier alpha value is -2.80. The average Bonchev–Trinajstić information content (AvgIpc) is 3.09. The first-order valence-electron chi connectivity index (χ1n) is 9.22. The van der Waals surface area contributed by atoms with E-state index in [2.05, 4.69) is 10.4 Å². The first-order chi connectivity index (χ1) is 13.5. The second-order valence-electron chi connectivity index (χ2n) is 6.50. The monoisotopic (exact) mass is 403 g/mol. The van der Waals surface area contributed by atoms with Crippen molar-refractivity contribution in [3.8, 4) is 0 Å². The highest BCUT2D eigenvalue weighted by Gasteiger charge is 2.37. The van der Waals surface area contributed by atoms with E-state index in [0.717, 1.165) is 11.1 Å². The number of nitrogens with one attached hydrogen (secondary N) is 1. The average molecular weight is 404 g/mol. The van der Waals surface area contributed by atoms with Crippen LogP contribution in [0.4, 0.5) is 10.6 Å². The van der Waals surface area contributed by atoms with Crippen molar-refractivity contribution in [3.63, 3.8) is 0 Å². The van der Waals surface area contributed by atoms with E-state index in [9.17, 15) is 14.7 Å². The highest BCUT2D eigenvalue weighted by atomic mass is 35.5. The maximum absolute atomic E-state index is 12.4. The second kappa shape index (κ2) is 8.48. The number of carboxylic acids is 1. The number of carbonyl (C=O) groups is 2. The van der Waals surface area contributed by atoms with E-state index in [4.69, 9.17) is 16.3 Å². The third-order valence-electron chi connectivity index (χ3n) is 4.54. The maximum Gasteiger partial charge on any atom is 0.436 e. The smallest absolute Gasteiger partial charge is 0.436 e. The van der Waals surface area contributed by atoms with Crippen LogP contribution in [0.15, 0.2) is 41.7 Å². The largest absolute Gasteiger partial charge is 0.478 e. The van der Waals surface area contributed by atoms with Crippen molar-refractivity contribution in [2.24, 2.45) is 0 Å². The zero-order valence-electron chi connectivity index (χ0n) is 15.7. The zero-order chi connectivity index (χ0) is 20.3. The maximum atomic E-state index is 12.4. The van der Waals surface area contributed by atoms with Crippen LogP contribution in [0.5, 0.6) is 0 Å². The molecule has 1 atom stereocenters. The van der Waals surface area contributed by atoms with E-state index in [1.54, 1.807) is 18.2 Å². The third-order valence-corrected chi connectivity index (χ3v) is 4.89. The van der Waals surface area contributed by atoms with E-state index in [1.165, 1.54) is 6.20 Å². The molecule has 2 heterocycles. The fourth-order valence-corrected chi connectivity index (χ4v) is 3.60. The molecule has 0 saturated carbocycles. The number of halogens is 1. The van der Waals surface area contributed by atoms with Crippen molar-refractivity contribution in [2.45, 2.75) is 39.0 Å². The van der Waals surface area contributed by atoms with Crippen molar-refractivity contribution in [1.29, 1.82) is 0 Å². The Morgan fingerprint density at radius 2 is 2.00 bits per heavy atom. The highest BCUT2D eigenvalue weighted by Crippen LogP contribution is 2.44. The predicted molar refractivity (Wildman–Crippen MR) is 106 cm³/mol. The van der Waals surface area contributed by atoms with Gasteiger partial charge in [0.25, 0.3) is 0 Å². The van der Waals surface area contributed by atoms with Gasteiger partial charge in [-0.25, -0.2) is 9.59 Å². The molecule has 0 bridgehead atoms. The molecule has 1 aromatic carbocycles. The number of fused-ring (bicyclic) bond motifs is 1. The molecule has 2 N–H and O–H groups in total. The van der Waals surface area contributed by atoms with Crippen LogP contribution in [-0.4, -0.2) is 33.6 Å². The topological polar surface area (TPSA) is 93.5 Å². The Labute approximate surface area is 167 Å². The number of aliphatic carboxylic acids is 1. The summed E-state index contributed by atoms with van der Waals surface area (Å²) >= 11 is 6.40. The molecule has 0 amide bonds. The number of rotatable bonds is 6. The SMILES string of the molecule is CCCOC(=O)n1ncc2c1NC(CCC)=C(C(=O)O)C2c1ccccc1Cl. The van der Waals surface area contributed by atoms with Gasteiger partial charge in [0.15, 0.2) is 0 Å². The summed E-state index contributed by atoms with van der Waals surface area (Å²) in [5.41, 5.74) is 1.97. The van der Waals surface area contributed by atoms with Gasteiger partial charge in [-0.1, -0.05) is 50.1 Å². The summed E-state index contributed by atoms with van der Waals surface area (Å²) in [6, 6.07) is 7.11. The number of nitrogens with zero attached hydrogens (tertiary/aromatic N) is 2. The number of carboxylic acid groups (broad SMARTS) is 1. The predicted octanol–water partition coefficient (Wildman–Crippen LogP) is 4.63. The van der Waals surface area contributed by atoms with Gasteiger partial charge in [-0.05, 0) is 24.5 Å². The number of benzene rings is 1. The number of hydrogen-bond donors (Lipinski definition) is 2. The molecule has 8 heteroatoms. The molecular formula is C20H22ClN3O4. The Bertz CT molecular complexity index is 935. The molecule has 1 aliphatic rings. The Kier molecular flexibility index (Phi) is 6.04. The van der Waals surface area contributed by atoms with E-state index in [1.807, 2.05) is 19.9 Å². The minimum Gasteiger partial charge on any atom is -0.478 e. The van der Waals surface area contributed by atoms with Crippen LogP contribution in [0.25, 0.3) is 0 Å². The fourth-order valence-electron chi connectivity index (χ4n) is 3.36. The normalized spacial score (nSPS) is 15.8. The fraction of sp³-hybridized carbons (Fsp3) is 0.350. The Morgan fingerprint density at radius 3 is 2.64 bits per heavy atom. The Morgan fingerprint density at radius 1 is 1.25 bits per heavy atom. The van der Waals surface area contributed by atoms with Gasteiger partial charge in [0.1, 0.15) is 5.82 Å². The summed E-state index contributed by atoms with van der Waals surface area (Å²) in [6.07, 6.45) is 2.82. The molecule has 0 saturated heterocycles. The van der Waals surface area contributed by atoms with Gasteiger partial charge in [0.2, 0.25) is 0 Å². The summed E-state index contributed by atoms with van der Waals surface area (Å²) in [4.78, 5) is 24.6. The number of ether oxygens (including phenoxy) is 1. The van der Waals surface area contributed by atoms with Crippen LogP contribution in [0.1, 0.15) is 50.2 Å². The number of allylic oxidation sites excluding steroid dienone is 1. The molecule has 2 aromatic rings. The van der Waals surface area contributed by atoms with Crippen molar-refractivity contribution >= 4 is 29.5 Å². The van der Waals surface area contributed by atoms with Crippen LogP contribution >= 0.6 is 11.6 Å². The first-order valence-corrected chi connectivity index (χ1v) is 9.60. The molecule has 0 aliphatic carbocycles. The minimum absolute atomic E-state index is 0.212. The Balaban J connectivity index is 2.18. The number of carbonyl (C=O) groups excluding carboxylic acids is 1. The quantitative estimate of drug-likeness (QED) is 0.730. The molecule has 7 nitrogen and oxygen atoms in total. The highest BCUT2D eigenvalue weighted by molar-refractivity contribution is 6.31. The van der Waals surface area contributed by atoms with Crippen LogP contribution in [0, 0.1) is 0 Å². The summed E-state index contributed by atoms with van der Waals surface area (Å²) in [7, 11) is 0. The van der Waals surface area contributed by atoms with Crippen molar-refractivity contribution < 1.29 is 19.4 Å². The standard InChI is InChI=1S/C20H22ClN3O4/c1-3-7-15-17(19(25)26)16(12-8-5-6-9-14(12)21)13-11-22-24(18(13)23-15)20(27)28-10-4-2/h5-6,8-9,11,16,23H,3-4,7,10H2,1-2H3,(H,25,26). The van der Waals surface area contributed by atoms with Crippen LogP contribution in [0.2, 0.25) is 5.02 Å². The molecule has 1 aliphatic heterocycles. The van der Waals surface area contributed by atoms with Crippen LogP contribution in [-0.2, 0) is 9.53 Å². The van der Waals surface area contributed by atoms with Crippen molar-refractivity contribution in [3.05, 3.63) is 57.9 Å².